The molecule has 0 spiro atoms. The van der Waals surface area contributed by atoms with Gasteiger partial charge in [0, 0.05) is 19.1 Å². The number of pyridine rings is 1. The van der Waals surface area contributed by atoms with Crippen LogP contribution in [0.4, 0.5) is 35.3 Å². The number of piperidine rings is 2. The average Bonchev–Trinajstić information content (AvgIpc) is 3.67. The van der Waals surface area contributed by atoms with Gasteiger partial charge in [0.05, 0.1) is 17.2 Å². The topological polar surface area (TPSA) is 92.7 Å². The van der Waals surface area contributed by atoms with E-state index in [2.05, 4.69) is 20.2 Å². The summed E-state index contributed by atoms with van der Waals surface area (Å²) in [6.07, 6.45) is 3.50. The van der Waals surface area contributed by atoms with Gasteiger partial charge in [0.15, 0.2) is 17.4 Å². The quantitative estimate of drug-likeness (QED) is 0.425. The van der Waals surface area contributed by atoms with E-state index in [1.165, 1.54) is 18.5 Å². The highest BCUT2D eigenvalue weighted by Crippen LogP contribution is 2.41. The first-order chi connectivity index (χ1) is 19.0. The largest absolute Gasteiger partial charge is 0.487 e. The van der Waals surface area contributed by atoms with Crippen molar-refractivity contribution in [3.05, 3.63) is 42.2 Å². The third kappa shape index (κ3) is 5.18. The molecule has 9 nitrogen and oxygen atoms in total. The molecule has 2 aromatic heterocycles. The van der Waals surface area contributed by atoms with Crippen LogP contribution in [0.15, 0.2) is 30.6 Å². The number of fused-ring (bicyclic) bond motifs is 4. The van der Waals surface area contributed by atoms with Crippen LogP contribution < -0.4 is 15.0 Å². The lowest BCUT2D eigenvalue weighted by Gasteiger charge is -2.51. The van der Waals surface area contributed by atoms with Gasteiger partial charge in [0.25, 0.3) is 0 Å². The number of halogens is 3. The van der Waals surface area contributed by atoms with E-state index in [4.69, 9.17) is 14.5 Å². The molecule has 12 heteroatoms. The third-order valence-electron chi connectivity index (χ3n) is 7.50. The van der Waals surface area contributed by atoms with Crippen LogP contribution >= 0.6 is 0 Å². The molecular weight excluding hydrogens is 525 g/mol. The van der Waals surface area contributed by atoms with E-state index in [9.17, 15) is 18.0 Å². The molecule has 3 aromatic rings. The first-order valence-corrected chi connectivity index (χ1v) is 13.4. The normalized spacial score (nSPS) is 21.4. The molecule has 0 unspecified atom stereocenters. The van der Waals surface area contributed by atoms with Crippen molar-refractivity contribution >= 4 is 34.4 Å². The highest BCUT2D eigenvalue weighted by Gasteiger charge is 2.45. The molecule has 40 heavy (non-hydrogen) atoms. The first kappa shape index (κ1) is 26.4. The Kier molecular flexibility index (Phi) is 6.38. The van der Waals surface area contributed by atoms with Crippen LogP contribution in [0.5, 0.6) is 5.75 Å². The summed E-state index contributed by atoms with van der Waals surface area (Å²) in [5.74, 6) is -1.84. The van der Waals surface area contributed by atoms with Gasteiger partial charge in [-0.1, -0.05) is 0 Å². The minimum absolute atomic E-state index is 0.00744. The van der Waals surface area contributed by atoms with Crippen molar-refractivity contribution in [1.29, 1.82) is 0 Å². The third-order valence-corrected chi connectivity index (χ3v) is 7.50. The molecule has 4 aliphatic rings. The van der Waals surface area contributed by atoms with Gasteiger partial charge < -0.3 is 24.6 Å². The Balaban J connectivity index is 1.22. The number of benzene rings is 1. The number of carbonyl (C=O) groups excluding carboxylic acids is 1. The zero-order valence-corrected chi connectivity index (χ0v) is 22.6. The van der Waals surface area contributed by atoms with Gasteiger partial charge in [-0.15, -0.1) is 0 Å². The summed E-state index contributed by atoms with van der Waals surface area (Å²) >= 11 is 0. The second-order valence-electron chi connectivity index (χ2n) is 11.7. The molecule has 2 bridgehead atoms. The first-order valence-electron chi connectivity index (χ1n) is 13.4. The van der Waals surface area contributed by atoms with Crippen molar-refractivity contribution < 1.29 is 27.4 Å². The molecule has 1 amide bonds. The maximum atomic E-state index is 14.9. The second kappa shape index (κ2) is 9.67. The molecular formula is C28H31F3N6O3. The van der Waals surface area contributed by atoms with Crippen molar-refractivity contribution in [2.75, 3.05) is 29.9 Å². The second-order valence-corrected chi connectivity index (χ2v) is 11.7. The predicted octanol–water partition coefficient (Wildman–Crippen LogP) is 5.52. The van der Waals surface area contributed by atoms with Crippen LogP contribution in [0.3, 0.4) is 0 Å². The molecule has 3 saturated heterocycles. The maximum absolute atomic E-state index is 14.9. The Bertz CT molecular complexity index is 1460. The van der Waals surface area contributed by atoms with Crippen LogP contribution in [0.25, 0.3) is 11.0 Å². The molecule has 5 heterocycles. The highest BCUT2D eigenvalue weighted by atomic mass is 19.2. The van der Waals surface area contributed by atoms with Crippen LogP contribution in [-0.2, 0) is 4.74 Å². The van der Waals surface area contributed by atoms with E-state index in [-0.39, 0.29) is 42.0 Å². The van der Waals surface area contributed by atoms with E-state index in [0.717, 1.165) is 12.8 Å². The average molecular weight is 557 g/mol. The van der Waals surface area contributed by atoms with Gasteiger partial charge in [-0.05, 0) is 70.7 Å². The summed E-state index contributed by atoms with van der Waals surface area (Å²) in [6, 6.07) is 6.29. The molecule has 2 atom stereocenters. The number of aromatic nitrogens is 3. The number of piperazine rings is 1. The highest BCUT2D eigenvalue weighted by molar-refractivity contribution is 5.88. The van der Waals surface area contributed by atoms with Crippen LogP contribution in [0, 0.1) is 11.6 Å². The maximum Gasteiger partial charge on any atom is 0.410 e. The summed E-state index contributed by atoms with van der Waals surface area (Å²) in [4.78, 5) is 30.0. The number of ether oxygens (including phenoxy) is 2. The Morgan fingerprint density at radius 1 is 1.07 bits per heavy atom. The molecule has 1 saturated carbocycles. The molecule has 1 aromatic carbocycles. The van der Waals surface area contributed by atoms with Crippen molar-refractivity contribution in [3.63, 3.8) is 0 Å². The van der Waals surface area contributed by atoms with E-state index >= 15 is 0 Å². The fourth-order valence-electron chi connectivity index (χ4n) is 5.19. The predicted molar refractivity (Wildman–Crippen MR) is 143 cm³/mol. The van der Waals surface area contributed by atoms with Gasteiger partial charge in [-0.3, -0.25) is 0 Å². The van der Waals surface area contributed by atoms with Crippen molar-refractivity contribution in [2.24, 2.45) is 0 Å². The van der Waals surface area contributed by atoms with Gasteiger partial charge in [-0.25, -0.2) is 28.5 Å². The molecule has 1 N–H and O–H groups in total. The molecule has 7 rings (SSSR count). The van der Waals surface area contributed by atoms with E-state index < -0.39 is 22.9 Å². The van der Waals surface area contributed by atoms with Crippen LogP contribution in [0.1, 0.15) is 46.5 Å². The minimum atomic E-state index is -1.45. The number of nitrogens with one attached hydrogen (secondary N) is 1. The molecule has 1 aliphatic carbocycles. The number of hydrogen-bond donors (Lipinski definition) is 1. The number of alkyl halides is 1. The van der Waals surface area contributed by atoms with Crippen LogP contribution in [0.2, 0.25) is 0 Å². The Morgan fingerprint density at radius 3 is 2.55 bits per heavy atom. The fraction of sp³-hybridized carbons (Fsp3) is 0.500. The molecule has 4 fully saturated rings. The van der Waals surface area contributed by atoms with Crippen molar-refractivity contribution in [3.8, 4) is 5.75 Å². The van der Waals surface area contributed by atoms with E-state index in [0.29, 0.717) is 42.8 Å². The Labute approximate surface area is 229 Å². The summed E-state index contributed by atoms with van der Waals surface area (Å²) < 4.78 is 54.3. The van der Waals surface area contributed by atoms with Gasteiger partial charge in [0.1, 0.15) is 35.5 Å². The van der Waals surface area contributed by atoms with Gasteiger partial charge >= 0.3 is 6.09 Å². The standard InChI is InChI=1S/C28H31F3N6O3/c1-27(2,3)40-26(38)37-13-16-4-5-17(37)12-36(16)21-9-7-19-24(35-21)25(33-15-32-19)34-18-6-8-20(23(30)22(18)29)39-14-28(31)10-11-28/h6-9,15-17H,4-5,10-14H2,1-3H3,(H,32,33,34)/t16-,17-/m0/s1. The molecule has 212 valence electrons. The van der Waals surface area contributed by atoms with E-state index in [1.54, 1.807) is 11.0 Å². The number of rotatable bonds is 6. The Morgan fingerprint density at radius 2 is 1.85 bits per heavy atom. The number of nitrogens with zero attached hydrogens (tertiary/aromatic N) is 5. The smallest absolute Gasteiger partial charge is 0.410 e. The lowest BCUT2D eigenvalue weighted by molar-refractivity contribution is 0.000789. The van der Waals surface area contributed by atoms with E-state index in [1.807, 2.05) is 26.8 Å². The minimum Gasteiger partial charge on any atom is -0.487 e. The monoisotopic (exact) mass is 556 g/mol. The van der Waals surface area contributed by atoms with Crippen molar-refractivity contribution in [1.82, 2.24) is 19.9 Å². The zero-order valence-electron chi connectivity index (χ0n) is 22.6. The fourth-order valence-corrected chi connectivity index (χ4v) is 5.19. The van der Waals surface area contributed by atoms with Gasteiger partial charge in [-0.2, -0.15) is 4.39 Å². The lowest BCUT2D eigenvalue weighted by Crippen LogP contribution is -2.64. The summed E-state index contributed by atoms with van der Waals surface area (Å²) in [5, 5.41) is 2.83. The zero-order chi connectivity index (χ0) is 28.2. The van der Waals surface area contributed by atoms with Gasteiger partial charge in [0.2, 0.25) is 5.82 Å². The number of carbonyl (C=O) groups is 1. The number of anilines is 3. The SMILES string of the molecule is CC(C)(C)OC(=O)N1C[C@@H]2CC[C@H]1CN2c1ccc2ncnc(Nc3ccc(OCC4(F)CC4)c(F)c3F)c2n1. The number of amides is 1. The summed E-state index contributed by atoms with van der Waals surface area (Å²) in [7, 11) is 0. The molecule has 3 aliphatic heterocycles. The summed E-state index contributed by atoms with van der Waals surface area (Å²) in [5.41, 5.74) is -1.27. The Hall–Kier alpha value is -3.83. The molecule has 0 radical (unpaired) electrons. The summed E-state index contributed by atoms with van der Waals surface area (Å²) in [6.45, 7) is 6.37. The van der Waals surface area contributed by atoms with Crippen molar-refractivity contribution in [2.45, 2.75) is 69.8 Å². The van der Waals surface area contributed by atoms with Crippen LogP contribution in [-0.4, -0.2) is 69.0 Å². The number of hydrogen-bond acceptors (Lipinski definition) is 8. The lowest BCUT2D eigenvalue weighted by atomic mass is 9.91.